The maximum atomic E-state index is 12.8. The summed E-state index contributed by atoms with van der Waals surface area (Å²) in [6, 6.07) is 5.52. The van der Waals surface area contributed by atoms with E-state index >= 15 is 0 Å². The molecule has 1 heterocycles. The molecule has 1 fully saturated rings. The lowest BCUT2D eigenvalue weighted by atomic mass is 10.2. The van der Waals surface area contributed by atoms with Crippen LogP contribution in [-0.4, -0.2) is 55.6 Å². The van der Waals surface area contributed by atoms with Crippen LogP contribution in [0.4, 0.5) is 4.39 Å². The number of carbonyl (C=O) groups excluding carboxylic acids is 2. The normalized spacial score (nSPS) is 16.8. The Hall–Kier alpha value is -1.70. The fourth-order valence-electron chi connectivity index (χ4n) is 2.32. The van der Waals surface area contributed by atoms with Gasteiger partial charge in [0.2, 0.25) is 11.8 Å². The fraction of sp³-hybridized carbons (Fsp3) is 0.500. The number of morpholine rings is 1. The molecule has 0 radical (unpaired) electrons. The smallest absolute Gasteiger partial charge is 0.242 e. The largest absolute Gasteiger partial charge is 0.378 e. The van der Waals surface area contributed by atoms with E-state index in [1.165, 1.54) is 17.0 Å². The van der Waals surface area contributed by atoms with E-state index in [1.54, 1.807) is 12.1 Å². The number of nitrogens with one attached hydrogen (secondary N) is 2. The zero-order chi connectivity index (χ0) is 16.7. The summed E-state index contributed by atoms with van der Waals surface area (Å²) in [6.07, 6.45) is 0. The van der Waals surface area contributed by atoms with Crippen molar-refractivity contribution in [3.8, 4) is 0 Å². The lowest BCUT2D eigenvalue weighted by Gasteiger charge is -2.28. The fourth-order valence-corrected chi connectivity index (χ4v) is 2.32. The van der Waals surface area contributed by atoms with Crippen LogP contribution in [0, 0.1) is 5.82 Å². The first-order chi connectivity index (χ1) is 11.1. The van der Waals surface area contributed by atoms with Gasteiger partial charge in [-0.15, -0.1) is 12.4 Å². The van der Waals surface area contributed by atoms with Gasteiger partial charge in [0, 0.05) is 19.6 Å². The Morgan fingerprint density at radius 1 is 1.38 bits per heavy atom. The summed E-state index contributed by atoms with van der Waals surface area (Å²) in [4.78, 5) is 25.8. The third-order valence-corrected chi connectivity index (χ3v) is 3.65. The molecule has 6 nitrogen and oxygen atoms in total. The van der Waals surface area contributed by atoms with Gasteiger partial charge >= 0.3 is 0 Å². The second kappa shape index (κ2) is 10.2. The lowest BCUT2D eigenvalue weighted by molar-refractivity contribution is -0.139. The van der Waals surface area contributed by atoms with Gasteiger partial charge in [0.05, 0.1) is 19.8 Å². The molecule has 1 unspecified atom stereocenters. The molecule has 1 aliphatic heterocycles. The molecule has 0 saturated carbocycles. The van der Waals surface area contributed by atoms with Gasteiger partial charge in [-0.05, 0) is 24.6 Å². The molecular weight excluding hydrogens is 337 g/mol. The van der Waals surface area contributed by atoms with Crippen molar-refractivity contribution in [2.24, 2.45) is 0 Å². The lowest BCUT2D eigenvalue weighted by Crippen LogP contribution is -2.54. The van der Waals surface area contributed by atoms with Crippen LogP contribution in [0.15, 0.2) is 24.3 Å². The molecule has 2 rings (SSSR count). The van der Waals surface area contributed by atoms with Crippen molar-refractivity contribution in [2.75, 3.05) is 32.8 Å². The van der Waals surface area contributed by atoms with E-state index in [9.17, 15) is 14.0 Å². The van der Waals surface area contributed by atoms with Gasteiger partial charge in [0.15, 0.2) is 0 Å². The predicted molar refractivity (Wildman–Crippen MR) is 90.4 cm³/mol. The van der Waals surface area contributed by atoms with Gasteiger partial charge in [0.25, 0.3) is 0 Å². The average molecular weight is 360 g/mol. The van der Waals surface area contributed by atoms with Gasteiger partial charge in [-0.3, -0.25) is 9.59 Å². The number of amides is 2. The van der Waals surface area contributed by atoms with Crippen LogP contribution in [0.3, 0.4) is 0 Å². The highest BCUT2D eigenvalue weighted by molar-refractivity contribution is 5.87. The summed E-state index contributed by atoms with van der Waals surface area (Å²) < 4.78 is 18.1. The van der Waals surface area contributed by atoms with Crippen molar-refractivity contribution in [1.82, 2.24) is 15.5 Å². The van der Waals surface area contributed by atoms with E-state index in [1.807, 2.05) is 6.92 Å². The average Bonchev–Trinajstić information content (AvgIpc) is 2.59. The number of hydrogen-bond acceptors (Lipinski definition) is 4. The van der Waals surface area contributed by atoms with E-state index in [2.05, 4.69) is 10.6 Å². The SMILES string of the molecule is CCN(CC(=O)NCc1ccc(F)cc1)C(=O)C1COCCN1.Cl. The molecule has 1 atom stereocenters. The number of benzene rings is 1. The van der Waals surface area contributed by atoms with E-state index in [0.717, 1.165) is 5.56 Å². The molecule has 1 aromatic carbocycles. The number of hydrogen-bond donors (Lipinski definition) is 2. The topological polar surface area (TPSA) is 70.7 Å². The standard InChI is InChI=1S/C16H22FN3O3.ClH/c1-2-20(16(22)14-11-23-8-7-18-14)10-15(21)19-9-12-3-5-13(17)6-4-12;/h3-6,14,18H,2,7-11H2,1H3,(H,19,21);1H. The van der Waals surface area contributed by atoms with Gasteiger partial charge < -0.3 is 20.3 Å². The molecule has 2 amide bonds. The Morgan fingerprint density at radius 3 is 2.67 bits per heavy atom. The molecule has 0 aliphatic carbocycles. The van der Waals surface area contributed by atoms with Crippen LogP contribution in [0.1, 0.15) is 12.5 Å². The van der Waals surface area contributed by atoms with Crippen molar-refractivity contribution in [3.05, 3.63) is 35.6 Å². The van der Waals surface area contributed by atoms with Crippen molar-refractivity contribution in [3.63, 3.8) is 0 Å². The monoisotopic (exact) mass is 359 g/mol. The Bertz CT molecular complexity index is 536. The first kappa shape index (κ1) is 20.3. The van der Waals surface area contributed by atoms with Crippen molar-refractivity contribution < 1.29 is 18.7 Å². The van der Waals surface area contributed by atoms with Gasteiger partial charge in [-0.2, -0.15) is 0 Å². The van der Waals surface area contributed by atoms with Gasteiger partial charge in [-0.25, -0.2) is 4.39 Å². The summed E-state index contributed by atoms with van der Waals surface area (Å²) in [5.74, 6) is -0.699. The van der Waals surface area contributed by atoms with E-state index in [4.69, 9.17) is 4.74 Å². The van der Waals surface area contributed by atoms with Crippen LogP contribution in [0.2, 0.25) is 0 Å². The van der Waals surface area contributed by atoms with Crippen LogP contribution in [0.25, 0.3) is 0 Å². The molecule has 0 bridgehead atoms. The van der Waals surface area contributed by atoms with Crippen molar-refractivity contribution >= 4 is 24.2 Å². The Balaban J connectivity index is 0.00000288. The Kier molecular flexibility index (Phi) is 8.67. The third kappa shape index (κ3) is 6.07. The van der Waals surface area contributed by atoms with E-state index in [-0.39, 0.29) is 36.6 Å². The van der Waals surface area contributed by atoms with Gasteiger partial charge in [-0.1, -0.05) is 12.1 Å². The molecule has 1 aliphatic rings. The number of ether oxygens (including phenoxy) is 1. The van der Waals surface area contributed by atoms with Crippen LogP contribution in [-0.2, 0) is 20.9 Å². The van der Waals surface area contributed by atoms with Crippen LogP contribution >= 0.6 is 12.4 Å². The third-order valence-electron chi connectivity index (χ3n) is 3.65. The maximum Gasteiger partial charge on any atom is 0.242 e. The summed E-state index contributed by atoms with van der Waals surface area (Å²) >= 11 is 0. The second-order valence-electron chi connectivity index (χ2n) is 5.34. The van der Waals surface area contributed by atoms with Crippen molar-refractivity contribution in [1.29, 1.82) is 0 Å². The number of halogens is 2. The predicted octanol–water partition coefficient (Wildman–Crippen LogP) is 0.701. The molecule has 24 heavy (non-hydrogen) atoms. The summed E-state index contributed by atoms with van der Waals surface area (Å²) in [5.41, 5.74) is 0.802. The zero-order valence-corrected chi connectivity index (χ0v) is 14.4. The highest BCUT2D eigenvalue weighted by Gasteiger charge is 2.26. The molecule has 0 spiro atoms. The molecule has 134 valence electrons. The van der Waals surface area contributed by atoms with Crippen LogP contribution in [0.5, 0.6) is 0 Å². The Labute approximate surface area is 147 Å². The highest BCUT2D eigenvalue weighted by Crippen LogP contribution is 2.03. The molecule has 2 N–H and O–H groups in total. The first-order valence-corrected chi connectivity index (χ1v) is 7.71. The first-order valence-electron chi connectivity index (χ1n) is 7.71. The minimum atomic E-state index is -0.395. The number of carbonyl (C=O) groups is 2. The minimum Gasteiger partial charge on any atom is -0.378 e. The van der Waals surface area contributed by atoms with Crippen LogP contribution < -0.4 is 10.6 Å². The summed E-state index contributed by atoms with van der Waals surface area (Å²) in [7, 11) is 0. The summed E-state index contributed by atoms with van der Waals surface area (Å²) in [6.45, 7) is 4.12. The molecule has 8 heteroatoms. The molecule has 1 saturated heterocycles. The Morgan fingerprint density at radius 2 is 2.08 bits per heavy atom. The summed E-state index contributed by atoms with van der Waals surface area (Å²) in [5, 5.41) is 5.82. The quantitative estimate of drug-likeness (QED) is 0.784. The second-order valence-corrected chi connectivity index (χ2v) is 5.34. The highest BCUT2D eigenvalue weighted by atomic mass is 35.5. The minimum absolute atomic E-state index is 0. The molecule has 0 aromatic heterocycles. The van der Waals surface area contributed by atoms with Gasteiger partial charge in [0.1, 0.15) is 11.9 Å². The number of nitrogens with zero attached hydrogens (tertiary/aromatic N) is 1. The number of rotatable bonds is 6. The van der Waals surface area contributed by atoms with E-state index in [0.29, 0.717) is 32.8 Å². The van der Waals surface area contributed by atoms with Crippen molar-refractivity contribution in [2.45, 2.75) is 19.5 Å². The molecule has 1 aromatic rings. The molecular formula is C16H23ClFN3O3. The number of likely N-dealkylation sites (N-methyl/N-ethyl adjacent to an activating group) is 1. The maximum absolute atomic E-state index is 12.8. The zero-order valence-electron chi connectivity index (χ0n) is 13.6. The van der Waals surface area contributed by atoms with E-state index < -0.39 is 6.04 Å².